The maximum Gasteiger partial charge on any atom is 0.242 e. The van der Waals surface area contributed by atoms with E-state index in [1.54, 1.807) is 18.9 Å². The van der Waals surface area contributed by atoms with Crippen molar-refractivity contribution in [2.75, 3.05) is 7.11 Å². The molecule has 1 atom stereocenters. The first-order valence-corrected chi connectivity index (χ1v) is 9.48. The highest BCUT2D eigenvalue weighted by Crippen LogP contribution is 2.16. The first-order chi connectivity index (χ1) is 13.2. The Morgan fingerprint density at radius 3 is 2.14 bits per heavy atom. The summed E-state index contributed by atoms with van der Waals surface area (Å²) in [7, 11) is 1.61. The largest absolute Gasteiger partial charge is 0.497 e. The lowest BCUT2D eigenvalue weighted by Crippen LogP contribution is -2.52. The Hall–Kier alpha value is -2.82. The summed E-state index contributed by atoms with van der Waals surface area (Å²) in [6.07, 6.45) is 0.254. The van der Waals surface area contributed by atoms with E-state index in [-0.39, 0.29) is 23.8 Å². The fourth-order valence-corrected chi connectivity index (χ4v) is 2.86. The molecule has 5 heteroatoms. The summed E-state index contributed by atoms with van der Waals surface area (Å²) in [5.74, 6) is 0.505. The smallest absolute Gasteiger partial charge is 0.242 e. The minimum absolute atomic E-state index is 0.0847. The van der Waals surface area contributed by atoms with Crippen molar-refractivity contribution in [1.29, 1.82) is 0 Å². The van der Waals surface area contributed by atoms with E-state index in [1.165, 1.54) is 0 Å². The van der Waals surface area contributed by atoms with Crippen molar-refractivity contribution in [2.24, 2.45) is 0 Å². The number of benzene rings is 2. The van der Waals surface area contributed by atoms with E-state index in [9.17, 15) is 9.59 Å². The SMILES string of the molecule is COc1ccc(CN(C(=O)Cc2ccccc2)C(C)C(=O)NC(C)(C)C)cc1. The van der Waals surface area contributed by atoms with Crippen molar-refractivity contribution >= 4 is 11.8 Å². The number of nitrogens with zero attached hydrogens (tertiary/aromatic N) is 1. The maximum atomic E-state index is 13.1. The van der Waals surface area contributed by atoms with Gasteiger partial charge in [0.05, 0.1) is 13.5 Å². The Labute approximate surface area is 167 Å². The van der Waals surface area contributed by atoms with Crippen molar-refractivity contribution in [1.82, 2.24) is 10.2 Å². The average molecular weight is 383 g/mol. The second kappa shape index (κ2) is 9.40. The zero-order valence-electron chi connectivity index (χ0n) is 17.4. The number of nitrogens with one attached hydrogen (secondary N) is 1. The van der Waals surface area contributed by atoms with Gasteiger partial charge in [0.15, 0.2) is 0 Å². The lowest BCUT2D eigenvalue weighted by Gasteiger charge is -2.31. The van der Waals surface area contributed by atoms with E-state index in [2.05, 4.69) is 5.32 Å². The molecule has 0 spiro atoms. The van der Waals surface area contributed by atoms with Gasteiger partial charge in [-0.2, -0.15) is 0 Å². The summed E-state index contributed by atoms with van der Waals surface area (Å²) in [6, 6.07) is 16.5. The van der Waals surface area contributed by atoms with Crippen LogP contribution in [0.3, 0.4) is 0 Å². The van der Waals surface area contributed by atoms with Gasteiger partial charge >= 0.3 is 0 Å². The first-order valence-electron chi connectivity index (χ1n) is 9.48. The molecule has 0 saturated heterocycles. The minimum Gasteiger partial charge on any atom is -0.497 e. The zero-order chi connectivity index (χ0) is 20.7. The molecule has 2 aromatic carbocycles. The van der Waals surface area contributed by atoms with Crippen LogP contribution in [0.5, 0.6) is 5.75 Å². The summed E-state index contributed by atoms with van der Waals surface area (Å²) >= 11 is 0. The molecule has 0 bridgehead atoms. The molecule has 0 aliphatic carbocycles. The summed E-state index contributed by atoms with van der Waals surface area (Å²) in [5.41, 5.74) is 1.51. The van der Waals surface area contributed by atoms with Gasteiger partial charge in [0.1, 0.15) is 11.8 Å². The van der Waals surface area contributed by atoms with E-state index in [0.29, 0.717) is 6.54 Å². The van der Waals surface area contributed by atoms with Crippen LogP contribution in [0.2, 0.25) is 0 Å². The predicted molar refractivity (Wildman–Crippen MR) is 111 cm³/mol. The van der Waals surface area contributed by atoms with Crippen molar-refractivity contribution < 1.29 is 14.3 Å². The molecule has 150 valence electrons. The van der Waals surface area contributed by atoms with Crippen LogP contribution in [0, 0.1) is 0 Å². The minimum atomic E-state index is -0.586. The van der Waals surface area contributed by atoms with Crippen LogP contribution in [-0.2, 0) is 22.6 Å². The van der Waals surface area contributed by atoms with Gasteiger partial charge in [-0.05, 0) is 51.0 Å². The molecular weight excluding hydrogens is 352 g/mol. The van der Waals surface area contributed by atoms with Crippen LogP contribution >= 0.6 is 0 Å². The van der Waals surface area contributed by atoms with Crippen LogP contribution in [0.25, 0.3) is 0 Å². The maximum absolute atomic E-state index is 13.1. The lowest BCUT2D eigenvalue weighted by atomic mass is 10.1. The van der Waals surface area contributed by atoms with Gasteiger partial charge in [0.25, 0.3) is 0 Å². The average Bonchev–Trinajstić information content (AvgIpc) is 2.65. The molecule has 1 unspecified atom stereocenters. The number of rotatable bonds is 7. The van der Waals surface area contributed by atoms with Gasteiger partial charge in [-0.15, -0.1) is 0 Å². The Morgan fingerprint density at radius 1 is 1.00 bits per heavy atom. The molecule has 0 radical (unpaired) electrons. The summed E-state index contributed by atoms with van der Waals surface area (Å²) < 4.78 is 5.20. The van der Waals surface area contributed by atoms with Gasteiger partial charge in [0.2, 0.25) is 11.8 Å². The molecule has 0 aliphatic rings. The Balaban J connectivity index is 2.22. The Kier molecular flexibility index (Phi) is 7.21. The topological polar surface area (TPSA) is 58.6 Å². The van der Waals surface area contributed by atoms with Crippen LogP contribution in [-0.4, -0.2) is 35.4 Å². The fraction of sp³-hybridized carbons (Fsp3) is 0.391. The summed E-state index contributed by atoms with van der Waals surface area (Å²) in [5, 5.41) is 2.97. The van der Waals surface area contributed by atoms with Crippen LogP contribution < -0.4 is 10.1 Å². The molecule has 0 fully saturated rings. The van der Waals surface area contributed by atoms with E-state index >= 15 is 0 Å². The normalized spacial score (nSPS) is 12.2. The van der Waals surface area contributed by atoms with E-state index in [0.717, 1.165) is 16.9 Å². The van der Waals surface area contributed by atoms with Crippen LogP contribution in [0.1, 0.15) is 38.8 Å². The highest BCUT2D eigenvalue weighted by molar-refractivity contribution is 5.88. The second-order valence-electron chi connectivity index (χ2n) is 7.95. The predicted octanol–water partition coefficient (Wildman–Crippen LogP) is 3.57. The molecule has 0 aromatic heterocycles. The van der Waals surface area contributed by atoms with E-state index < -0.39 is 6.04 Å². The van der Waals surface area contributed by atoms with Crippen molar-refractivity contribution in [2.45, 2.75) is 52.2 Å². The van der Waals surface area contributed by atoms with Crippen LogP contribution in [0.15, 0.2) is 54.6 Å². The Bertz CT molecular complexity index is 780. The number of carbonyl (C=O) groups excluding carboxylic acids is 2. The van der Waals surface area contributed by atoms with E-state index in [1.807, 2.05) is 75.4 Å². The quantitative estimate of drug-likeness (QED) is 0.796. The number of amides is 2. The standard InChI is InChI=1S/C23H30N2O3/c1-17(22(27)24-23(2,3)4)25(16-19-11-13-20(28-5)14-12-19)21(26)15-18-9-7-6-8-10-18/h6-14,17H,15-16H2,1-5H3,(H,24,27). The number of hydrogen-bond acceptors (Lipinski definition) is 3. The molecule has 2 rings (SSSR count). The molecule has 2 aromatic rings. The third-order valence-corrected chi connectivity index (χ3v) is 4.38. The van der Waals surface area contributed by atoms with Gasteiger partial charge in [-0.3, -0.25) is 9.59 Å². The molecule has 0 saturated carbocycles. The first kappa shape index (κ1) is 21.5. The van der Waals surface area contributed by atoms with Crippen molar-refractivity contribution in [3.63, 3.8) is 0 Å². The van der Waals surface area contributed by atoms with Gasteiger partial charge < -0.3 is 15.0 Å². The molecule has 28 heavy (non-hydrogen) atoms. The number of methoxy groups -OCH3 is 1. The molecule has 1 N–H and O–H groups in total. The van der Waals surface area contributed by atoms with Gasteiger partial charge in [0, 0.05) is 12.1 Å². The van der Waals surface area contributed by atoms with Gasteiger partial charge in [-0.1, -0.05) is 42.5 Å². The number of carbonyl (C=O) groups is 2. The molecule has 0 aliphatic heterocycles. The zero-order valence-corrected chi connectivity index (χ0v) is 17.4. The Morgan fingerprint density at radius 2 is 1.61 bits per heavy atom. The fourth-order valence-electron chi connectivity index (χ4n) is 2.86. The summed E-state index contributed by atoms with van der Waals surface area (Å²) in [4.78, 5) is 27.4. The summed E-state index contributed by atoms with van der Waals surface area (Å²) in [6.45, 7) is 7.91. The monoisotopic (exact) mass is 382 g/mol. The van der Waals surface area contributed by atoms with Crippen molar-refractivity contribution in [3.8, 4) is 5.75 Å². The molecular formula is C23H30N2O3. The molecule has 5 nitrogen and oxygen atoms in total. The van der Waals surface area contributed by atoms with E-state index in [4.69, 9.17) is 4.74 Å². The third kappa shape index (κ3) is 6.41. The number of hydrogen-bond donors (Lipinski definition) is 1. The highest BCUT2D eigenvalue weighted by atomic mass is 16.5. The molecule has 0 heterocycles. The third-order valence-electron chi connectivity index (χ3n) is 4.38. The number of ether oxygens (including phenoxy) is 1. The lowest BCUT2D eigenvalue weighted by molar-refractivity contribution is -0.140. The second-order valence-corrected chi connectivity index (χ2v) is 7.95. The molecule has 2 amide bonds. The van der Waals surface area contributed by atoms with Gasteiger partial charge in [-0.25, -0.2) is 0 Å². The highest BCUT2D eigenvalue weighted by Gasteiger charge is 2.28. The van der Waals surface area contributed by atoms with Crippen molar-refractivity contribution in [3.05, 3.63) is 65.7 Å². The van der Waals surface area contributed by atoms with Crippen LogP contribution in [0.4, 0.5) is 0 Å².